The van der Waals surface area contributed by atoms with Crippen molar-refractivity contribution in [3.8, 4) is 0 Å². The van der Waals surface area contributed by atoms with Gasteiger partial charge in [0.05, 0.1) is 6.10 Å². The van der Waals surface area contributed by atoms with Crippen LogP contribution in [0.25, 0.3) is 0 Å². The first-order valence-corrected chi connectivity index (χ1v) is 6.16. The monoisotopic (exact) mass is 282 g/mol. The second-order valence-electron chi connectivity index (χ2n) is 3.93. The number of aliphatic hydroxyl groups excluding tert-OH is 1. The first-order chi connectivity index (χ1) is 8.58. The Morgan fingerprint density at radius 2 is 2.06 bits per heavy atom. The number of hydrogen-bond acceptors (Lipinski definition) is 3. The minimum atomic E-state index is -0.739. The summed E-state index contributed by atoms with van der Waals surface area (Å²) in [6.07, 6.45) is 1.21. The van der Waals surface area contributed by atoms with Crippen molar-refractivity contribution >= 4 is 29.0 Å². The van der Waals surface area contributed by atoms with Crippen molar-refractivity contribution in [1.82, 2.24) is 4.98 Å². The number of nitrogen functional groups attached to an aromatic ring is 1. The van der Waals surface area contributed by atoms with E-state index in [9.17, 15) is 5.11 Å². The van der Waals surface area contributed by atoms with E-state index >= 15 is 0 Å². The van der Waals surface area contributed by atoms with Crippen molar-refractivity contribution < 1.29 is 5.11 Å². The van der Waals surface area contributed by atoms with Gasteiger partial charge in [0.2, 0.25) is 0 Å². The maximum atomic E-state index is 10.1. The molecule has 1 aromatic carbocycles. The quantitative estimate of drug-likeness (QED) is 0.909. The molecule has 1 aromatic heterocycles. The molecule has 0 bridgehead atoms. The second-order valence-corrected chi connectivity index (χ2v) is 4.78. The molecule has 0 radical (unpaired) electrons. The van der Waals surface area contributed by atoms with Gasteiger partial charge in [-0.15, -0.1) is 0 Å². The molecule has 94 valence electrons. The number of aromatic nitrogens is 1. The summed E-state index contributed by atoms with van der Waals surface area (Å²) in [7, 11) is 0. The number of anilines is 1. The molecule has 18 heavy (non-hydrogen) atoms. The van der Waals surface area contributed by atoms with Crippen LogP contribution in [0.5, 0.6) is 0 Å². The van der Waals surface area contributed by atoms with Gasteiger partial charge in [0.25, 0.3) is 0 Å². The number of pyridine rings is 1. The molecule has 0 spiro atoms. The van der Waals surface area contributed by atoms with E-state index in [1.165, 1.54) is 0 Å². The van der Waals surface area contributed by atoms with E-state index in [2.05, 4.69) is 4.98 Å². The molecular formula is C13H12Cl2N2O. The van der Waals surface area contributed by atoms with Crippen LogP contribution in [0.1, 0.15) is 17.2 Å². The Kier molecular flexibility index (Phi) is 4.07. The summed E-state index contributed by atoms with van der Waals surface area (Å²) in [4.78, 5) is 3.94. The van der Waals surface area contributed by atoms with Crippen LogP contribution in [-0.4, -0.2) is 10.1 Å². The molecule has 0 aliphatic rings. The molecule has 0 saturated carbocycles. The molecule has 0 amide bonds. The van der Waals surface area contributed by atoms with Crippen LogP contribution in [-0.2, 0) is 6.42 Å². The zero-order chi connectivity index (χ0) is 13.1. The highest BCUT2D eigenvalue weighted by Crippen LogP contribution is 2.27. The molecule has 1 heterocycles. The van der Waals surface area contributed by atoms with Crippen molar-refractivity contribution in [3.63, 3.8) is 0 Å². The summed E-state index contributed by atoms with van der Waals surface area (Å²) in [5, 5.41) is 11.2. The van der Waals surface area contributed by atoms with Crippen LogP contribution in [0.15, 0.2) is 36.5 Å². The number of hydrogen-bond donors (Lipinski definition) is 2. The molecule has 5 heteroatoms. The third-order valence-electron chi connectivity index (χ3n) is 2.66. The average Bonchev–Trinajstić information content (AvgIpc) is 2.33. The fraction of sp³-hybridized carbons (Fsp3) is 0.154. The van der Waals surface area contributed by atoms with E-state index in [0.29, 0.717) is 27.8 Å². The van der Waals surface area contributed by atoms with Gasteiger partial charge in [-0.2, -0.15) is 0 Å². The third-order valence-corrected chi connectivity index (χ3v) is 3.25. The summed E-state index contributed by atoms with van der Waals surface area (Å²) >= 11 is 11.9. The van der Waals surface area contributed by atoms with Crippen molar-refractivity contribution in [2.24, 2.45) is 0 Å². The Balaban J connectivity index is 2.21. The number of halogens is 2. The fourth-order valence-electron chi connectivity index (χ4n) is 1.72. The van der Waals surface area contributed by atoms with E-state index in [1.807, 2.05) is 0 Å². The van der Waals surface area contributed by atoms with Crippen LogP contribution in [0.4, 0.5) is 5.82 Å². The molecule has 2 rings (SSSR count). The first-order valence-electron chi connectivity index (χ1n) is 5.40. The maximum Gasteiger partial charge on any atom is 0.129 e. The number of nitrogens with two attached hydrogens (primary N) is 1. The summed E-state index contributed by atoms with van der Waals surface area (Å²) < 4.78 is 0. The molecule has 3 nitrogen and oxygen atoms in total. The smallest absolute Gasteiger partial charge is 0.129 e. The summed E-state index contributed by atoms with van der Waals surface area (Å²) in [6, 6.07) is 8.66. The van der Waals surface area contributed by atoms with Crippen molar-refractivity contribution in [2.75, 3.05) is 5.73 Å². The van der Waals surface area contributed by atoms with Gasteiger partial charge < -0.3 is 10.8 Å². The standard InChI is InChI=1S/C13H12Cl2N2O/c14-9-4-3-8(11(15)7-9)6-12(18)10-2-1-5-17-13(10)16/h1-5,7,12,18H,6H2,(H2,16,17). The Labute approximate surface area is 115 Å². The molecule has 0 fully saturated rings. The third kappa shape index (κ3) is 2.93. The van der Waals surface area contributed by atoms with E-state index in [4.69, 9.17) is 28.9 Å². The lowest BCUT2D eigenvalue weighted by Gasteiger charge is -2.13. The Morgan fingerprint density at radius 3 is 2.72 bits per heavy atom. The van der Waals surface area contributed by atoms with E-state index < -0.39 is 6.10 Å². The number of nitrogens with zero attached hydrogens (tertiary/aromatic N) is 1. The minimum absolute atomic E-state index is 0.329. The number of benzene rings is 1. The highest BCUT2D eigenvalue weighted by Gasteiger charge is 2.14. The SMILES string of the molecule is Nc1ncccc1C(O)Cc1ccc(Cl)cc1Cl. The lowest BCUT2D eigenvalue weighted by molar-refractivity contribution is 0.179. The van der Waals surface area contributed by atoms with Gasteiger partial charge in [0.1, 0.15) is 5.82 Å². The number of aliphatic hydroxyl groups is 1. The predicted octanol–water partition coefficient (Wildman–Crippen LogP) is 3.25. The van der Waals surface area contributed by atoms with Gasteiger partial charge in [-0.3, -0.25) is 0 Å². The largest absolute Gasteiger partial charge is 0.388 e. The molecule has 0 aliphatic carbocycles. The van der Waals surface area contributed by atoms with Crippen molar-refractivity contribution in [3.05, 3.63) is 57.7 Å². The highest BCUT2D eigenvalue weighted by atomic mass is 35.5. The summed E-state index contributed by atoms with van der Waals surface area (Å²) in [5.74, 6) is 0.329. The van der Waals surface area contributed by atoms with Crippen LogP contribution >= 0.6 is 23.2 Å². The summed E-state index contributed by atoms with van der Waals surface area (Å²) in [5.41, 5.74) is 7.13. The van der Waals surface area contributed by atoms with Crippen LogP contribution in [0.2, 0.25) is 10.0 Å². The average molecular weight is 283 g/mol. The Hall–Kier alpha value is -1.29. The molecule has 3 N–H and O–H groups in total. The first kappa shape index (κ1) is 13.1. The van der Waals surface area contributed by atoms with Gasteiger partial charge >= 0.3 is 0 Å². The van der Waals surface area contributed by atoms with E-state index in [1.54, 1.807) is 36.5 Å². The minimum Gasteiger partial charge on any atom is -0.388 e. The van der Waals surface area contributed by atoms with Gasteiger partial charge in [0.15, 0.2) is 0 Å². The number of rotatable bonds is 3. The van der Waals surface area contributed by atoms with Gasteiger partial charge in [-0.05, 0) is 23.8 Å². The maximum absolute atomic E-state index is 10.1. The van der Waals surface area contributed by atoms with Crippen molar-refractivity contribution in [2.45, 2.75) is 12.5 Å². The van der Waals surface area contributed by atoms with Gasteiger partial charge in [0, 0.05) is 28.2 Å². The Morgan fingerprint density at radius 1 is 1.28 bits per heavy atom. The molecule has 2 aromatic rings. The van der Waals surface area contributed by atoms with Crippen molar-refractivity contribution in [1.29, 1.82) is 0 Å². The normalized spacial score (nSPS) is 12.4. The van der Waals surface area contributed by atoms with E-state index in [-0.39, 0.29) is 0 Å². The molecule has 0 aliphatic heterocycles. The van der Waals surface area contributed by atoms with Crippen LogP contribution in [0, 0.1) is 0 Å². The highest BCUT2D eigenvalue weighted by molar-refractivity contribution is 6.35. The van der Waals surface area contributed by atoms with Gasteiger partial charge in [-0.25, -0.2) is 4.98 Å². The lowest BCUT2D eigenvalue weighted by Crippen LogP contribution is -2.06. The van der Waals surface area contributed by atoms with Gasteiger partial charge in [-0.1, -0.05) is 35.3 Å². The summed E-state index contributed by atoms with van der Waals surface area (Å²) in [6.45, 7) is 0. The van der Waals surface area contributed by atoms with Crippen LogP contribution < -0.4 is 5.73 Å². The second kappa shape index (κ2) is 5.57. The molecule has 1 atom stereocenters. The Bertz CT molecular complexity index is 560. The lowest BCUT2D eigenvalue weighted by atomic mass is 10.0. The topological polar surface area (TPSA) is 59.1 Å². The van der Waals surface area contributed by atoms with Crippen LogP contribution in [0.3, 0.4) is 0 Å². The van der Waals surface area contributed by atoms with E-state index in [0.717, 1.165) is 5.56 Å². The molecular weight excluding hydrogens is 271 g/mol. The fourth-order valence-corrected chi connectivity index (χ4v) is 2.20. The molecule has 1 unspecified atom stereocenters. The zero-order valence-electron chi connectivity index (χ0n) is 9.48. The molecule has 0 saturated heterocycles. The zero-order valence-corrected chi connectivity index (χ0v) is 11.0. The predicted molar refractivity (Wildman–Crippen MR) is 73.8 cm³/mol.